The molecule has 0 amide bonds. The highest BCUT2D eigenvalue weighted by Gasteiger charge is 2.35. The highest BCUT2D eigenvalue weighted by atomic mass is 16.5. The van der Waals surface area contributed by atoms with Gasteiger partial charge in [-0.1, -0.05) is 26.7 Å². The molecule has 4 heteroatoms. The number of carboxylic acid groups (broad SMARTS) is 1. The summed E-state index contributed by atoms with van der Waals surface area (Å²) in [4.78, 5) is 11.4. The first-order valence-corrected chi connectivity index (χ1v) is 6.93. The van der Waals surface area contributed by atoms with E-state index in [1.807, 2.05) is 6.92 Å². The average molecular weight is 260 g/mol. The molecule has 0 aliphatic heterocycles. The van der Waals surface area contributed by atoms with E-state index in [-0.39, 0.29) is 0 Å². The van der Waals surface area contributed by atoms with Crippen LogP contribution in [0.15, 0.2) is 0 Å². The Hall–Kier alpha value is -0.610. The second-order valence-corrected chi connectivity index (χ2v) is 4.75. The maximum absolute atomic E-state index is 11.4. The number of hydrogen-bond acceptors (Lipinski definition) is 3. The minimum Gasteiger partial charge on any atom is -0.481 e. The summed E-state index contributed by atoms with van der Waals surface area (Å²) in [6, 6.07) is 0. The van der Waals surface area contributed by atoms with E-state index in [0.29, 0.717) is 32.7 Å². The summed E-state index contributed by atoms with van der Waals surface area (Å²) in [5.41, 5.74) is -0.600. The van der Waals surface area contributed by atoms with Crippen molar-refractivity contribution >= 4 is 5.97 Å². The van der Waals surface area contributed by atoms with Crippen LogP contribution in [0.4, 0.5) is 0 Å². The molecule has 0 aromatic heterocycles. The Morgan fingerprint density at radius 3 is 2.33 bits per heavy atom. The van der Waals surface area contributed by atoms with E-state index in [4.69, 9.17) is 9.47 Å². The molecule has 0 aliphatic rings. The van der Waals surface area contributed by atoms with Gasteiger partial charge in [-0.05, 0) is 25.7 Å². The van der Waals surface area contributed by atoms with Crippen LogP contribution in [0.3, 0.4) is 0 Å². The lowest BCUT2D eigenvalue weighted by molar-refractivity contribution is -0.151. The van der Waals surface area contributed by atoms with Gasteiger partial charge in [-0.2, -0.15) is 0 Å². The van der Waals surface area contributed by atoms with Crippen LogP contribution in [-0.2, 0) is 14.3 Å². The van der Waals surface area contributed by atoms with Gasteiger partial charge in [0.25, 0.3) is 0 Å². The predicted octanol–water partition coefficient (Wildman–Crippen LogP) is 3.10. The molecule has 0 fully saturated rings. The van der Waals surface area contributed by atoms with Gasteiger partial charge in [-0.15, -0.1) is 0 Å². The van der Waals surface area contributed by atoms with Crippen molar-refractivity contribution in [2.75, 3.05) is 26.9 Å². The first-order valence-electron chi connectivity index (χ1n) is 6.93. The molecule has 1 N–H and O–H groups in total. The molecule has 18 heavy (non-hydrogen) atoms. The van der Waals surface area contributed by atoms with Crippen LogP contribution in [0.25, 0.3) is 0 Å². The molecule has 0 bridgehead atoms. The van der Waals surface area contributed by atoms with E-state index in [1.165, 1.54) is 0 Å². The third-order valence-corrected chi connectivity index (χ3v) is 3.50. The third kappa shape index (κ3) is 6.36. The van der Waals surface area contributed by atoms with Gasteiger partial charge >= 0.3 is 5.97 Å². The van der Waals surface area contributed by atoms with E-state index >= 15 is 0 Å². The van der Waals surface area contributed by atoms with Crippen LogP contribution in [-0.4, -0.2) is 38.0 Å². The lowest BCUT2D eigenvalue weighted by Gasteiger charge is -2.28. The van der Waals surface area contributed by atoms with Crippen molar-refractivity contribution in [2.45, 2.75) is 52.4 Å². The molecule has 0 radical (unpaired) electrons. The average Bonchev–Trinajstić information content (AvgIpc) is 2.37. The first kappa shape index (κ1) is 17.4. The number of unbranched alkanes of at least 4 members (excludes halogenated alkanes) is 1. The maximum Gasteiger partial charge on any atom is 0.309 e. The molecular weight excluding hydrogens is 232 g/mol. The summed E-state index contributed by atoms with van der Waals surface area (Å²) < 4.78 is 10.4. The highest BCUT2D eigenvalue weighted by molar-refractivity contribution is 5.74. The van der Waals surface area contributed by atoms with Gasteiger partial charge in [-0.25, -0.2) is 0 Å². The second kappa shape index (κ2) is 10.3. The summed E-state index contributed by atoms with van der Waals surface area (Å²) >= 11 is 0. The fourth-order valence-electron chi connectivity index (χ4n) is 2.03. The summed E-state index contributed by atoms with van der Waals surface area (Å²) in [6.07, 6.45) is 4.87. The molecule has 0 rings (SSSR count). The van der Waals surface area contributed by atoms with Crippen LogP contribution in [0.5, 0.6) is 0 Å². The smallest absolute Gasteiger partial charge is 0.309 e. The molecule has 108 valence electrons. The largest absolute Gasteiger partial charge is 0.481 e. The Morgan fingerprint density at radius 2 is 1.83 bits per heavy atom. The summed E-state index contributed by atoms with van der Waals surface area (Å²) in [5, 5.41) is 9.42. The second-order valence-electron chi connectivity index (χ2n) is 4.75. The lowest BCUT2D eigenvalue weighted by Crippen LogP contribution is -2.32. The van der Waals surface area contributed by atoms with E-state index in [9.17, 15) is 9.90 Å². The van der Waals surface area contributed by atoms with E-state index in [1.54, 1.807) is 7.11 Å². The summed E-state index contributed by atoms with van der Waals surface area (Å²) in [7, 11) is 1.66. The van der Waals surface area contributed by atoms with Crippen LogP contribution < -0.4 is 0 Å². The quantitative estimate of drug-likeness (QED) is 0.548. The monoisotopic (exact) mass is 260 g/mol. The van der Waals surface area contributed by atoms with Gasteiger partial charge in [-0.3, -0.25) is 4.79 Å². The van der Waals surface area contributed by atoms with Crippen molar-refractivity contribution in [1.82, 2.24) is 0 Å². The zero-order valence-corrected chi connectivity index (χ0v) is 12.0. The molecule has 4 nitrogen and oxygen atoms in total. The lowest BCUT2D eigenvalue weighted by atomic mass is 9.77. The molecule has 0 aromatic rings. The number of aliphatic carboxylic acids is 1. The van der Waals surface area contributed by atoms with Crippen LogP contribution in [0.2, 0.25) is 0 Å². The number of rotatable bonds is 12. The summed E-state index contributed by atoms with van der Waals surface area (Å²) in [5.74, 6) is -0.682. The molecule has 0 saturated carbocycles. The zero-order valence-electron chi connectivity index (χ0n) is 12.0. The topological polar surface area (TPSA) is 55.8 Å². The van der Waals surface area contributed by atoms with Gasteiger partial charge in [0.05, 0.1) is 5.41 Å². The Kier molecular flexibility index (Phi) is 9.98. The minimum absolute atomic E-state index is 0.521. The van der Waals surface area contributed by atoms with E-state index in [0.717, 1.165) is 25.7 Å². The van der Waals surface area contributed by atoms with Crippen LogP contribution in [0, 0.1) is 5.41 Å². The molecule has 1 unspecified atom stereocenters. The Labute approximate surface area is 111 Å². The molecule has 0 aromatic carbocycles. The SMILES string of the molecule is CCCCC(CC)(CCOCCCOC)C(=O)O. The van der Waals surface area contributed by atoms with Crippen LogP contribution in [0.1, 0.15) is 52.4 Å². The van der Waals surface area contributed by atoms with Crippen molar-refractivity contribution in [3.05, 3.63) is 0 Å². The van der Waals surface area contributed by atoms with Crippen molar-refractivity contribution in [1.29, 1.82) is 0 Å². The number of methoxy groups -OCH3 is 1. The minimum atomic E-state index is -0.682. The van der Waals surface area contributed by atoms with Gasteiger partial charge in [0, 0.05) is 26.9 Å². The first-order chi connectivity index (χ1) is 8.63. The van der Waals surface area contributed by atoms with Gasteiger partial charge < -0.3 is 14.6 Å². The molecule has 0 saturated heterocycles. The van der Waals surface area contributed by atoms with E-state index in [2.05, 4.69) is 6.92 Å². The van der Waals surface area contributed by atoms with Crippen molar-refractivity contribution in [3.63, 3.8) is 0 Å². The zero-order chi connectivity index (χ0) is 13.9. The molecular formula is C14H28O4. The van der Waals surface area contributed by atoms with Crippen molar-refractivity contribution < 1.29 is 19.4 Å². The van der Waals surface area contributed by atoms with Crippen LogP contribution >= 0.6 is 0 Å². The third-order valence-electron chi connectivity index (χ3n) is 3.50. The van der Waals surface area contributed by atoms with Crippen molar-refractivity contribution in [3.8, 4) is 0 Å². The Bertz CT molecular complexity index is 218. The number of hydrogen-bond donors (Lipinski definition) is 1. The van der Waals surface area contributed by atoms with Gasteiger partial charge in [0.15, 0.2) is 0 Å². The molecule has 0 aliphatic carbocycles. The number of carboxylic acids is 1. The standard InChI is InChI=1S/C14H28O4/c1-4-6-8-14(5-2,13(15)16)9-12-18-11-7-10-17-3/h4-12H2,1-3H3,(H,15,16). The van der Waals surface area contributed by atoms with Crippen molar-refractivity contribution in [2.24, 2.45) is 5.41 Å². The molecule has 0 heterocycles. The number of carbonyl (C=O) groups is 1. The van der Waals surface area contributed by atoms with Gasteiger partial charge in [0.2, 0.25) is 0 Å². The molecule has 1 atom stereocenters. The highest BCUT2D eigenvalue weighted by Crippen LogP contribution is 2.33. The normalized spacial score (nSPS) is 14.4. The summed E-state index contributed by atoms with van der Waals surface area (Å²) in [6.45, 7) is 5.89. The fraction of sp³-hybridized carbons (Fsp3) is 0.929. The Balaban J connectivity index is 4.04. The fourth-order valence-corrected chi connectivity index (χ4v) is 2.03. The predicted molar refractivity (Wildman–Crippen MR) is 71.8 cm³/mol. The molecule has 0 spiro atoms. The van der Waals surface area contributed by atoms with Gasteiger partial charge in [0.1, 0.15) is 0 Å². The Morgan fingerprint density at radius 1 is 1.11 bits per heavy atom. The maximum atomic E-state index is 11.4. The van der Waals surface area contributed by atoms with E-state index < -0.39 is 11.4 Å². The number of ether oxygens (including phenoxy) is 2.